The van der Waals surface area contributed by atoms with Crippen molar-refractivity contribution in [2.24, 2.45) is 17.8 Å². The van der Waals surface area contributed by atoms with Crippen LogP contribution in [-0.2, 0) is 28.5 Å². The Morgan fingerprint density at radius 2 is 1.29 bits per heavy atom. The minimum atomic E-state index is -0.912. The summed E-state index contributed by atoms with van der Waals surface area (Å²) >= 11 is 0. The fraction of sp³-hybridized carbons (Fsp3) is 0.421. The number of fused-ring (bicyclic) bond motifs is 1. The van der Waals surface area contributed by atoms with E-state index in [1.165, 1.54) is 24.3 Å². The number of carbonyl (C=O) groups excluding carboxylic acids is 4. The molecule has 11 heteroatoms. The predicted octanol–water partition coefficient (Wildman–Crippen LogP) is 6.95. The molecule has 0 saturated heterocycles. The second kappa shape index (κ2) is 18.7. The molecule has 4 rings (SSSR count). The molecule has 3 atom stereocenters. The normalized spacial score (nSPS) is 17.3. The summed E-state index contributed by atoms with van der Waals surface area (Å²) in [5.74, 6) is 0.394. The lowest BCUT2D eigenvalue weighted by Gasteiger charge is -2.36. The van der Waals surface area contributed by atoms with E-state index in [4.69, 9.17) is 33.2 Å². The Kier molecular flexibility index (Phi) is 14.2. The molecule has 3 aromatic rings. The first-order valence-electron chi connectivity index (χ1n) is 16.5. The third-order valence-electron chi connectivity index (χ3n) is 8.23. The van der Waals surface area contributed by atoms with Gasteiger partial charge in [-0.3, -0.25) is 0 Å². The SMILES string of the molecule is C=CC(=O)OCCOCCOCCOC(=O)Oc1ccc(OC(=O)c2ccc3cc(C(=O)OC4CC(C)CCC4C(C)C)ccc3c2)cc1. The molecule has 1 aliphatic carbocycles. The van der Waals surface area contributed by atoms with E-state index in [2.05, 4.69) is 27.4 Å². The highest BCUT2D eigenvalue weighted by molar-refractivity contribution is 5.99. The van der Waals surface area contributed by atoms with Crippen LogP contribution in [0.3, 0.4) is 0 Å². The minimum absolute atomic E-state index is 0.0266. The van der Waals surface area contributed by atoms with Gasteiger partial charge in [0, 0.05) is 6.08 Å². The standard InChI is InChI=1S/C38H44O11/c1-5-35(39)45-20-18-43-16-17-44-19-21-46-38(42)48-32-13-11-31(12-14-32)47-36(40)29-9-7-28-24-30(10-8-27(28)23-29)37(41)49-34-22-26(4)6-15-33(34)25(2)3/h5,7-14,23-26,33-34H,1,6,15-22H2,2-4H3. The van der Waals surface area contributed by atoms with Gasteiger partial charge in [-0.15, -0.1) is 0 Å². The first kappa shape index (κ1) is 37.1. The molecule has 1 fully saturated rings. The van der Waals surface area contributed by atoms with E-state index in [9.17, 15) is 19.2 Å². The lowest BCUT2D eigenvalue weighted by atomic mass is 9.75. The van der Waals surface area contributed by atoms with Crippen molar-refractivity contribution in [2.75, 3.05) is 39.6 Å². The second-order valence-electron chi connectivity index (χ2n) is 12.2. The number of hydrogen-bond donors (Lipinski definition) is 0. The van der Waals surface area contributed by atoms with Crippen LogP contribution in [0.25, 0.3) is 10.8 Å². The summed E-state index contributed by atoms with van der Waals surface area (Å²) < 4.78 is 36.9. The average molecular weight is 677 g/mol. The van der Waals surface area contributed by atoms with Gasteiger partial charge in [0.15, 0.2) is 0 Å². The quantitative estimate of drug-likeness (QED) is 0.0390. The summed E-state index contributed by atoms with van der Waals surface area (Å²) in [5.41, 5.74) is 0.817. The van der Waals surface area contributed by atoms with Crippen molar-refractivity contribution in [1.82, 2.24) is 0 Å². The summed E-state index contributed by atoms with van der Waals surface area (Å²) in [4.78, 5) is 48.8. The van der Waals surface area contributed by atoms with Crippen LogP contribution >= 0.6 is 0 Å². The minimum Gasteiger partial charge on any atom is -0.460 e. The van der Waals surface area contributed by atoms with E-state index in [0.717, 1.165) is 36.1 Å². The molecule has 0 N–H and O–H groups in total. The van der Waals surface area contributed by atoms with Crippen LogP contribution in [-0.4, -0.2) is 69.8 Å². The molecular formula is C38H44O11. The molecule has 0 bridgehead atoms. The van der Waals surface area contributed by atoms with Crippen molar-refractivity contribution in [3.63, 3.8) is 0 Å². The highest BCUT2D eigenvalue weighted by Crippen LogP contribution is 2.36. The van der Waals surface area contributed by atoms with Crippen molar-refractivity contribution < 1.29 is 52.3 Å². The zero-order valence-corrected chi connectivity index (χ0v) is 28.2. The van der Waals surface area contributed by atoms with Crippen molar-refractivity contribution in [2.45, 2.75) is 46.1 Å². The number of esters is 3. The molecule has 3 aromatic carbocycles. The number of ether oxygens (including phenoxy) is 7. The molecule has 0 aromatic heterocycles. The monoisotopic (exact) mass is 676 g/mol. The Morgan fingerprint density at radius 3 is 1.88 bits per heavy atom. The molecule has 1 saturated carbocycles. The topological polar surface area (TPSA) is 133 Å². The van der Waals surface area contributed by atoms with Gasteiger partial charge in [0.2, 0.25) is 0 Å². The number of carbonyl (C=O) groups is 4. The molecule has 0 amide bonds. The van der Waals surface area contributed by atoms with Crippen molar-refractivity contribution in [1.29, 1.82) is 0 Å². The molecular weight excluding hydrogens is 632 g/mol. The Balaban J connectivity index is 1.19. The predicted molar refractivity (Wildman–Crippen MR) is 181 cm³/mol. The van der Waals surface area contributed by atoms with Gasteiger partial charge in [-0.2, -0.15) is 0 Å². The van der Waals surface area contributed by atoms with Gasteiger partial charge in [-0.25, -0.2) is 19.2 Å². The molecule has 0 spiro atoms. The van der Waals surface area contributed by atoms with Gasteiger partial charge in [0.25, 0.3) is 0 Å². The summed E-state index contributed by atoms with van der Waals surface area (Å²) in [5, 5.41) is 1.58. The first-order valence-corrected chi connectivity index (χ1v) is 16.5. The van der Waals surface area contributed by atoms with E-state index in [1.54, 1.807) is 36.4 Å². The third-order valence-corrected chi connectivity index (χ3v) is 8.23. The van der Waals surface area contributed by atoms with E-state index in [1.807, 2.05) is 0 Å². The molecule has 0 aliphatic heterocycles. The van der Waals surface area contributed by atoms with Crippen LogP contribution < -0.4 is 9.47 Å². The van der Waals surface area contributed by atoms with Crippen LogP contribution in [0, 0.1) is 17.8 Å². The zero-order chi connectivity index (χ0) is 35.2. The highest BCUT2D eigenvalue weighted by atomic mass is 16.7. The van der Waals surface area contributed by atoms with Gasteiger partial charge in [-0.1, -0.05) is 45.9 Å². The van der Waals surface area contributed by atoms with Gasteiger partial charge in [0.1, 0.15) is 30.8 Å². The zero-order valence-electron chi connectivity index (χ0n) is 28.2. The van der Waals surface area contributed by atoms with Crippen LogP contribution in [0.1, 0.15) is 60.7 Å². The maximum Gasteiger partial charge on any atom is 0.513 e. The molecule has 3 unspecified atom stereocenters. The first-order chi connectivity index (χ1) is 23.6. The van der Waals surface area contributed by atoms with Crippen molar-refractivity contribution >= 4 is 34.8 Å². The molecule has 262 valence electrons. The Labute approximate surface area is 286 Å². The van der Waals surface area contributed by atoms with E-state index >= 15 is 0 Å². The van der Waals surface area contributed by atoms with Crippen LogP contribution in [0.2, 0.25) is 0 Å². The van der Waals surface area contributed by atoms with E-state index < -0.39 is 18.1 Å². The largest absolute Gasteiger partial charge is 0.513 e. The van der Waals surface area contributed by atoms with Crippen molar-refractivity contribution in [3.05, 3.63) is 84.4 Å². The third kappa shape index (κ3) is 11.7. The smallest absolute Gasteiger partial charge is 0.460 e. The lowest BCUT2D eigenvalue weighted by Crippen LogP contribution is -2.35. The summed E-state index contributed by atoms with van der Waals surface area (Å²) in [6, 6.07) is 16.4. The Morgan fingerprint density at radius 1 is 0.735 bits per heavy atom. The fourth-order valence-electron chi connectivity index (χ4n) is 5.59. The van der Waals surface area contributed by atoms with E-state index in [0.29, 0.717) is 28.9 Å². The number of hydrogen-bond acceptors (Lipinski definition) is 11. The van der Waals surface area contributed by atoms with Gasteiger partial charge >= 0.3 is 24.1 Å². The summed E-state index contributed by atoms with van der Waals surface area (Å²) in [7, 11) is 0. The van der Waals surface area contributed by atoms with Crippen LogP contribution in [0.5, 0.6) is 11.5 Å². The van der Waals surface area contributed by atoms with Crippen molar-refractivity contribution in [3.8, 4) is 11.5 Å². The van der Waals surface area contributed by atoms with Gasteiger partial charge in [-0.05, 0) is 89.9 Å². The number of rotatable bonds is 16. The number of benzene rings is 3. The summed E-state index contributed by atoms with van der Waals surface area (Å²) in [6.07, 6.45) is 3.18. The molecule has 1 aliphatic rings. The summed E-state index contributed by atoms with van der Waals surface area (Å²) in [6.45, 7) is 10.9. The maximum absolute atomic E-state index is 13.1. The molecule has 11 nitrogen and oxygen atoms in total. The molecule has 49 heavy (non-hydrogen) atoms. The highest BCUT2D eigenvalue weighted by Gasteiger charge is 2.33. The average Bonchev–Trinajstić information content (AvgIpc) is 3.09. The Bertz CT molecular complexity index is 1580. The van der Waals surface area contributed by atoms with Gasteiger partial charge < -0.3 is 33.2 Å². The lowest BCUT2D eigenvalue weighted by molar-refractivity contribution is -0.139. The van der Waals surface area contributed by atoms with Crippen LogP contribution in [0.4, 0.5) is 4.79 Å². The Hall–Kier alpha value is -4.74. The second-order valence-corrected chi connectivity index (χ2v) is 12.2. The molecule has 0 radical (unpaired) electrons. The maximum atomic E-state index is 13.1. The fourth-order valence-corrected chi connectivity index (χ4v) is 5.59. The molecule has 0 heterocycles. The van der Waals surface area contributed by atoms with Gasteiger partial charge in [0.05, 0.1) is 37.6 Å². The van der Waals surface area contributed by atoms with Crippen LogP contribution in [0.15, 0.2) is 73.3 Å². The van der Waals surface area contributed by atoms with E-state index in [-0.39, 0.29) is 63.2 Å².